The smallest absolute Gasteiger partial charge is 0.155 e. The highest BCUT2D eigenvalue weighted by Gasteiger charge is 2.34. The molecule has 2 rings (SSSR count). The molecule has 0 bridgehead atoms. The maximum atomic E-state index is 11.9. The van der Waals surface area contributed by atoms with Crippen LogP contribution in [0, 0.1) is 0 Å². The van der Waals surface area contributed by atoms with Gasteiger partial charge < -0.3 is 5.73 Å². The van der Waals surface area contributed by atoms with Crippen molar-refractivity contribution in [3.8, 4) is 0 Å². The quantitative estimate of drug-likeness (QED) is 0.812. The van der Waals surface area contributed by atoms with Crippen molar-refractivity contribution in [1.82, 2.24) is 9.97 Å². The number of nitrogens with two attached hydrogens (primary N) is 1. The highest BCUT2D eigenvalue weighted by Crippen LogP contribution is 2.28. The van der Waals surface area contributed by atoms with E-state index in [9.17, 15) is 8.42 Å². The Morgan fingerprint density at radius 2 is 2.00 bits per heavy atom. The first-order valence-electron chi connectivity index (χ1n) is 5.33. The number of aromatic nitrogens is 2. The van der Waals surface area contributed by atoms with Crippen molar-refractivity contribution in [2.45, 2.75) is 30.6 Å². The van der Waals surface area contributed by atoms with Gasteiger partial charge in [0.2, 0.25) is 0 Å². The van der Waals surface area contributed by atoms with Crippen molar-refractivity contribution in [3.05, 3.63) is 24.3 Å². The Morgan fingerprint density at radius 3 is 2.62 bits per heavy atom. The maximum absolute atomic E-state index is 11.9. The highest BCUT2D eigenvalue weighted by atomic mass is 32.2. The van der Waals surface area contributed by atoms with Crippen LogP contribution in [0.1, 0.15) is 30.9 Å². The SMILES string of the molecule is NC(c1cncnc1)C1CCCCS1(=O)=O. The van der Waals surface area contributed by atoms with E-state index in [4.69, 9.17) is 5.73 Å². The average Bonchev–Trinajstić information content (AvgIpc) is 2.29. The Balaban J connectivity index is 2.24. The molecule has 0 aliphatic carbocycles. The standard InChI is InChI=1S/C10H15N3O2S/c11-10(8-5-12-7-13-6-8)9-3-1-2-4-16(9,14)15/h5-7,9-10H,1-4,11H2. The molecule has 0 saturated carbocycles. The normalized spacial score (nSPS) is 26.2. The van der Waals surface area contributed by atoms with Crippen molar-refractivity contribution in [1.29, 1.82) is 0 Å². The molecule has 0 aromatic carbocycles. The summed E-state index contributed by atoms with van der Waals surface area (Å²) in [6, 6.07) is -0.508. The van der Waals surface area contributed by atoms with Gasteiger partial charge in [-0.1, -0.05) is 6.42 Å². The Morgan fingerprint density at radius 1 is 1.31 bits per heavy atom. The van der Waals surface area contributed by atoms with E-state index in [0.717, 1.165) is 12.8 Å². The van der Waals surface area contributed by atoms with Gasteiger partial charge in [-0.3, -0.25) is 0 Å². The molecule has 6 heteroatoms. The van der Waals surface area contributed by atoms with Crippen molar-refractivity contribution in [2.75, 3.05) is 5.75 Å². The topological polar surface area (TPSA) is 85.9 Å². The second-order valence-electron chi connectivity index (χ2n) is 4.10. The number of nitrogens with zero attached hydrogens (tertiary/aromatic N) is 2. The Kier molecular flexibility index (Phi) is 3.20. The van der Waals surface area contributed by atoms with Crippen LogP contribution >= 0.6 is 0 Å². The fourth-order valence-corrected chi connectivity index (χ4v) is 4.12. The van der Waals surface area contributed by atoms with Gasteiger partial charge in [0.05, 0.1) is 11.0 Å². The second kappa shape index (κ2) is 4.47. The third-order valence-electron chi connectivity index (χ3n) is 2.99. The summed E-state index contributed by atoms with van der Waals surface area (Å²) < 4.78 is 23.8. The molecule has 0 amide bonds. The van der Waals surface area contributed by atoms with Crippen LogP contribution in [0.15, 0.2) is 18.7 Å². The van der Waals surface area contributed by atoms with Crippen LogP contribution in [-0.4, -0.2) is 29.4 Å². The summed E-state index contributed by atoms with van der Waals surface area (Å²) in [6.45, 7) is 0. The van der Waals surface area contributed by atoms with Gasteiger partial charge in [0.15, 0.2) is 9.84 Å². The van der Waals surface area contributed by atoms with E-state index >= 15 is 0 Å². The van der Waals surface area contributed by atoms with Crippen molar-refractivity contribution in [3.63, 3.8) is 0 Å². The lowest BCUT2D eigenvalue weighted by atomic mass is 10.0. The molecule has 1 fully saturated rings. The van der Waals surface area contributed by atoms with E-state index < -0.39 is 21.1 Å². The first-order chi connectivity index (χ1) is 7.61. The molecule has 2 unspecified atom stereocenters. The fourth-order valence-electron chi connectivity index (χ4n) is 2.08. The van der Waals surface area contributed by atoms with Gasteiger partial charge >= 0.3 is 0 Å². The van der Waals surface area contributed by atoms with E-state index in [0.29, 0.717) is 12.0 Å². The Hall–Kier alpha value is -1.01. The van der Waals surface area contributed by atoms with Crippen LogP contribution < -0.4 is 5.73 Å². The van der Waals surface area contributed by atoms with Crippen LogP contribution in [0.5, 0.6) is 0 Å². The van der Waals surface area contributed by atoms with Gasteiger partial charge in [-0.2, -0.15) is 0 Å². The Bertz CT molecular complexity index is 446. The molecule has 1 aromatic rings. The minimum atomic E-state index is -3.05. The maximum Gasteiger partial charge on any atom is 0.155 e. The number of hydrogen-bond donors (Lipinski definition) is 1. The van der Waals surface area contributed by atoms with Gasteiger partial charge in [-0.05, 0) is 12.8 Å². The van der Waals surface area contributed by atoms with E-state index in [1.165, 1.54) is 6.33 Å². The van der Waals surface area contributed by atoms with Gasteiger partial charge in [-0.15, -0.1) is 0 Å². The van der Waals surface area contributed by atoms with E-state index in [-0.39, 0.29) is 5.75 Å². The third-order valence-corrected chi connectivity index (χ3v) is 5.30. The molecule has 0 spiro atoms. The first kappa shape index (κ1) is 11.5. The zero-order valence-corrected chi connectivity index (χ0v) is 9.73. The minimum absolute atomic E-state index is 0.249. The van der Waals surface area contributed by atoms with Gasteiger partial charge in [-0.25, -0.2) is 18.4 Å². The lowest BCUT2D eigenvalue weighted by Crippen LogP contribution is -2.37. The Labute approximate surface area is 95.0 Å². The lowest BCUT2D eigenvalue weighted by Gasteiger charge is -2.27. The number of hydrogen-bond acceptors (Lipinski definition) is 5. The second-order valence-corrected chi connectivity index (χ2v) is 6.44. The van der Waals surface area contributed by atoms with Crippen molar-refractivity contribution in [2.24, 2.45) is 5.73 Å². The molecule has 2 heterocycles. The largest absolute Gasteiger partial charge is 0.323 e. The van der Waals surface area contributed by atoms with Gasteiger partial charge in [0.25, 0.3) is 0 Å². The molecule has 88 valence electrons. The zero-order valence-electron chi connectivity index (χ0n) is 8.91. The van der Waals surface area contributed by atoms with Crippen LogP contribution in [0.25, 0.3) is 0 Å². The summed E-state index contributed by atoms with van der Waals surface area (Å²) >= 11 is 0. The summed E-state index contributed by atoms with van der Waals surface area (Å²) in [5.74, 6) is 0.249. The minimum Gasteiger partial charge on any atom is -0.323 e. The molecule has 16 heavy (non-hydrogen) atoms. The first-order valence-corrected chi connectivity index (χ1v) is 7.05. The number of sulfone groups is 1. The fraction of sp³-hybridized carbons (Fsp3) is 0.600. The molecular formula is C10H15N3O2S. The monoisotopic (exact) mass is 241 g/mol. The average molecular weight is 241 g/mol. The summed E-state index contributed by atoms with van der Waals surface area (Å²) in [5.41, 5.74) is 6.68. The molecular weight excluding hydrogens is 226 g/mol. The molecule has 1 aliphatic rings. The van der Waals surface area contributed by atoms with E-state index in [1.54, 1.807) is 12.4 Å². The summed E-state index contributed by atoms with van der Waals surface area (Å²) in [4.78, 5) is 7.72. The summed E-state index contributed by atoms with van der Waals surface area (Å²) in [6.07, 6.45) is 6.88. The zero-order chi connectivity index (χ0) is 11.6. The predicted octanol–water partition coefficient (Wildman–Crippen LogP) is 0.444. The van der Waals surface area contributed by atoms with Crippen molar-refractivity contribution < 1.29 is 8.42 Å². The van der Waals surface area contributed by atoms with Crippen LogP contribution in [-0.2, 0) is 9.84 Å². The molecule has 0 radical (unpaired) electrons. The molecule has 2 N–H and O–H groups in total. The molecule has 1 saturated heterocycles. The molecule has 2 atom stereocenters. The van der Waals surface area contributed by atoms with Crippen LogP contribution in [0.4, 0.5) is 0 Å². The van der Waals surface area contributed by atoms with Gasteiger partial charge in [0.1, 0.15) is 6.33 Å². The van der Waals surface area contributed by atoms with Gasteiger partial charge in [0, 0.05) is 24.0 Å². The molecule has 1 aliphatic heterocycles. The third kappa shape index (κ3) is 2.22. The van der Waals surface area contributed by atoms with Crippen LogP contribution in [0.2, 0.25) is 0 Å². The van der Waals surface area contributed by atoms with E-state index in [2.05, 4.69) is 9.97 Å². The summed E-state index contributed by atoms with van der Waals surface area (Å²) in [5, 5.41) is -0.479. The van der Waals surface area contributed by atoms with Crippen LogP contribution in [0.3, 0.4) is 0 Å². The number of rotatable bonds is 2. The highest BCUT2D eigenvalue weighted by molar-refractivity contribution is 7.92. The summed E-state index contributed by atoms with van der Waals surface area (Å²) in [7, 11) is -3.05. The van der Waals surface area contributed by atoms with Crippen molar-refractivity contribution >= 4 is 9.84 Å². The lowest BCUT2D eigenvalue weighted by molar-refractivity contribution is 0.503. The predicted molar refractivity (Wildman–Crippen MR) is 60.4 cm³/mol. The van der Waals surface area contributed by atoms with E-state index in [1.807, 2.05) is 0 Å². The molecule has 5 nitrogen and oxygen atoms in total. The molecule has 1 aromatic heterocycles.